The van der Waals surface area contributed by atoms with Crippen molar-refractivity contribution < 1.29 is 19.1 Å². The fourth-order valence-electron chi connectivity index (χ4n) is 3.58. The normalized spacial score (nSPS) is 15.0. The van der Waals surface area contributed by atoms with Crippen molar-refractivity contribution in [2.45, 2.75) is 57.6 Å². The van der Waals surface area contributed by atoms with Crippen LogP contribution in [-0.2, 0) is 16.1 Å². The van der Waals surface area contributed by atoms with Crippen LogP contribution in [0.5, 0.6) is 5.75 Å². The number of ether oxygens (including phenoxy) is 2. The lowest BCUT2D eigenvalue weighted by Gasteiger charge is -2.21. The molecule has 2 aromatic rings. The molecule has 1 saturated carbocycles. The van der Waals surface area contributed by atoms with E-state index in [1.807, 2.05) is 12.1 Å². The smallest absolute Gasteiger partial charge is 0.342 e. The molecule has 0 spiro atoms. The van der Waals surface area contributed by atoms with E-state index in [-0.39, 0.29) is 18.6 Å². The molecule has 1 fully saturated rings. The highest BCUT2D eigenvalue weighted by atomic mass is 35.5. The first-order chi connectivity index (χ1) is 14.6. The van der Waals surface area contributed by atoms with Gasteiger partial charge in [-0.25, -0.2) is 4.79 Å². The lowest BCUT2D eigenvalue weighted by Crippen LogP contribution is -2.38. The minimum atomic E-state index is -0.575. The third kappa shape index (κ3) is 7.06. The quantitative estimate of drug-likeness (QED) is 0.606. The van der Waals surface area contributed by atoms with Gasteiger partial charge in [-0.3, -0.25) is 4.79 Å². The van der Waals surface area contributed by atoms with Crippen molar-refractivity contribution in [1.29, 1.82) is 0 Å². The van der Waals surface area contributed by atoms with Gasteiger partial charge in [0.05, 0.1) is 0 Å². The number of carbonyl (C=O) groups excluding carboxylic acids is 2. The number of para-hydroxylation sites is 1. The Morgan fingerprint density at radius 3 is 2.33 bits per heavy atom. The molecule has 0 aromatic heterocycles. The predicted molar refractivity (Wildman–Crippen MR) is 117 cm³/mol. The number of halogens is 1. The third-order valence-corrected chi connectivity index (χ3v) is 5.47. The van der Waals surface area contributed by atoms with E-state index in [1.54, 1.807) is 36.4 Å². The number of esters is 1. The summed E-state index contributed by atoms with van der Waals surface area (Å²) in [5.74, 6) is -0.416. The Labute approximate surface area is 182 Å². The molecule has 0 saturated heterocycles. The molecule has 1 aliphatic rings. The van der Waals surface area contributed by atoms with Crippen LogP contribution >= 0.6 is 11.6 Å². The highest BCUT2D eigenvalue weighted by Gasteiger charge is 2.18. The van der Waals surface area contributed by atoms with Crippen molar-refractivity contribution in [1.82, 2.24) is 5.32 Å². The summed E-state index contributed by atoms with van der Waals surface area (Å²) in [5.41, 5.74) is 1.23. The van der Waals surface area contributed by atoms with Crippen molar-refractivity contribution in [3.05, 3.63) is 64.7 Å². The second-order valence-corrected chi connectivity index (χ2v) is 8.03. The topological polar surface area (TPSA) is 64.6 Å². The zero-order chi connectivity index (χ0) is 21.2. The molecule has 5 nitrogen and oxygen atoms in total. The predicted octanol–water partition coefficient (Wildman–Crippen LogP) is 5.30. The summed E-state index contributed by atoms with van der Waals surface area (Å²) in [5, 5.41) is 3.65. The maximum atomic E-state index is 12.5. The van der Waals surface area contributed by atoms with Crippen molar-refractivity contribution in [2.75, 3.05) is 6.61 Å². The van der Waals surface area contributed by atoms with E-state index in [1.165, 1.54) is 19.3 Å². The van der Waals surface area contributed by atoms with Crippen molar-refractivity contribution in [3.8, 4) is 5.75 Å². The highest BCUT2D eigenvalue weighted by molar-refractivity contribution is 6.30. The number of benzene rings is 2. The Bertz CT molecular complexity index is 829. The summed E-state index contributed by atoms with van der Waals surface area (Å²) in [6.45, 7) is 0.00444. The minimum Gasteiger partial charge on any atom is -0.488 e. The van der Waals surface area contributed by atoms with Crippen LogP contribution in [0.1, 0.15) is 60.9 Å². The molecule has 0 unspecified atom stereocenters. The number of hydrogen-bond donors (Lipinski definition) is 1. The second kappa shape index (κ2) is 11.6. The van der Waals surface area contributed by atoms with Crippen LogP contribution in [0.25, 0.3) is 0 Å². The Hall–Kier alpha value is -2.53. The van der Waals surface area contributed by atoms with Crippen molar-refractivity contribution in [3.63, 3.8) is 0 Å². The van der Waals surface area contributed by atoms with Crippen LogP contribution in [0.15, 0.2) is 48.5 Å². The summed E-state index contributed by atoms with van der Waals surface area (Å²) in [6.07, 6.45) is 7.94. The first kappa shape index (κ1) is 22.2. The maximum absolute atomic E-state index is 12.5. The zero-order valence-electron chi connectivity index (χ0n) is 17.1. The van der Waals surface area contributed by atoms with Crippen LogP contribution in [0, 0.1) is 0 Å². The van der Waals surface area contributed by atoms with Gasteiger partial charge in [-0.1, -0.05) is 68.0 Å². The van der Waals surface area contributed by atoms with E-state index < -0.39 is 5.97 Å². The molecular weight excluding hydrogens is 402 g/mol. The molecule has 0 aliphatic heterocycles. The van der Waals surface area contributed by atoms with Gasteiger partial charge in [-0.05, 0) is 42.7 Å². The first-order valence-corrected chi connectivity index (χ1v) is 10.9. The molecule has 0 bridgehead atoms. The largest absolute Gasteiger partial charge is 0.488 e. The van der Waals surface area contributed by atoms with Gasteiger partial charge >= 0.3 is 5.97 Å². The van der Waals surface area contributed by atoms with E-state index in [4.69, 9.17) is 21.1 Å². The Morgan fingerprint density at radius 2 is 1.60 bits per heavy atom. The number of amides is 1. The number of nitrogens with one attached hydrogen (secondary N) is 1. The molecule has 0 atom stereocenters. The minimum absolute atomic E-state index is 0.173. The summed E-state index contributed by atoms with van der Waals surface area (Å²) >= 11 is 5.90. The van der Waals surface area contributed by atoms with Crippen molar-refractivity contribution in [2.24, 2.45) is 0 Å². The summed E-state index contributed by atoms with van der Waals surface area (Å²) in [4.78, 5) is 24.8. The molecular formula is C24H28ClNO4. The average molecular weight is 430 g/mol. The van der Waals surface area contributed by atoms with Gasteiger partial charge in [0.25, 0.3) is 5.91 Å². The van der Waals surface area contributed by atoms with E-state index in [0.717, 1.165) is 31.2 Å². The number of rotatable bonds is 7. The fraction of sp³-hybridized carbons (Fsp3) is 0.417. The third-order valence-electron chi connectivity index (χ3n) is 5.22. The lowest BCUT2D eigenvalue weighted by atomic mass is 9.97. The fourth-order valence-corrected chi connectivity index (χ4v) is 3.71. The highest BCUT2D eigenvalue weighted by Crippen LogP contribution is 2.21. The molecule has 1 aliphatic carbocycles. The van der Waals surface area contributed by atoms with Crippen LogP contribution in [0.2, 0.25) is 5.02 Å². The zero-order valence-corrected chi connectivity index (χ0v) is 17.8. The van der Waals surface area contributed by atoms with Crippen molar-refractivity contribution >= 4 is 23.5 Å². The standard InChI is InChI=1S/C24H28ClNO4/c25-19-14-12-18(13-15-19)16-29-22-11-7-6-10-21(22)24(28)30-17-23(27)26-20-8-4-2-1-3-5-9-20/h6-7,10-15,20H,1-5,8-9,16-17H2,(H,26,27). The molecule has 6 heteroatoms. The van der Waals surface area contributed by atoms with Gasteiger partial charge in [0, 0.05) is 11.1 Å². The van der Waals surface area contributed by atoms with Gasteiger partial charge in [-0.15, -0.1) is 0 Å². The monoisotopic (exact) mass is 429 g/mol. The van der Waals surface area contributed by atoms with Gasteiger partial charge in [0.15, 0.2) is 6.61 Å². The number of carbonyl (C=O) groups is 2. The summed E-state index contributed by atoms with van der Waals surface area (Å²) < 4.78 is 11.0. The van der Waals surface area contributed by atoms with E-state index in [2.05, 4.69) is 5.32 Å². The summed E-state index contributed by atoms with van der Waals surface area (Å²) in [7, 11) is 0. The Kier molecular flexibility index (Phi) is 8.57. The molecule has 1 amide bonds. The van der Waals surface area contributed by atoms with Crippen LogP contribution in [0.3, 0.4) is 0 Å². The van der Waals surface area contributed by atoms with Gasteiger partial charge in [-0.2, -0.15) is 0 Å². The summed E-state index contributed by atoms with van der Waals surface area (Å²) in [6, 6.07) is 14.3. The van der Waals surface area contributed by atoms with E-state index >= 15 is 0 Å². The van der Waals surface area contributed by atoms with Gasteiger partial charge < -0.3 is 14.8 Å². The Morgan fingerprint density at radius 1 is 0.933 bits per heavy atom. The molecule has 160 valence electrons. The maximum Gasteiger partial charge on any atom is 0.342 e. The molecule has 2 aromatic carbocycles. The first-order valence-electron chi connectivity index (χ1n) is 10.5. The van der Waals surface area contributed by atoms with Gasteiger partial charge in [0.1, 0.15) is 17.9 Å². The second-order valence-electron chi connectivity index (χ2n) is 7.60. The average Bonchev–Trinajstić information content (AvgIpc) is 2.73. The molecule has 1 N–H and O–H groups in total. The van der Waals surface area contributed by atoms with Gasteiger partial charge in [0.2, 0.25) is 0 Å². The SMILES string of the molecule is O=C(COC(=O)c1ccccc1OCc1ccc(Cl)cc1)NC1CCCCCCC1. The molecule has 30 heavy (non-hydrogen) atoms. The Balaban J connectivity index is 1.51. The lowest BCUT2D eigenvalue weighted by molar-refractivity contribution is -0.125. The van der Waals surface area contributed by atoms with E-state index in [9.17, 15) is 9.59 Å². The molecule has 3 rings (SSSR count). The molecule has 0 radical (unpaired) electrons. The number of hydrogen-bond acceptors (Lipinski definition) is 4. The van der Waals surface area contributed by atoms with Crippen LogP contribution in [-0.4, -0.2) is 24.5 Å². The van der Waals surface area contributed by atoms with Crippen LogP contribution in [0.4, 0.5) is 0 Å². The van der Waals surface area contributed by atoms with E-state index in [0.29, 0.717) is 22.9 Å². The van der Waals surface area contributed by atoms with Crippen LogP contribution < -0.4 is 10.1 Å². The molecule has 0 heterocycles.